The molecule has 1 aliphatic heterocycles. The lowest BCUT2D eigenvalue weighted by Gasteiger charge is -2.19. The second-order valence-corrected chi connectivity index (χ2v) is 5.34. The molecule has 0 spiro atoms. The fourth-order valence-corrected chi connectivity index (χ4v) is 2.27. The normalized spacial score (nSPS) is 22.2. The summed E-state index contributed by atoms with van der Waals surface area (Å²) >= 11 is 0. The average molecular weight is 237 g/mol. The minimum absolute atomic E-state index is 0.0622. The van der Waals surface area contributed by atoms with E-state index in [0.29, 0.717) is 11.8 Å². The molecule has 2 unspecified atom stereocenters. The van der Waals surface area contributed by atoms with E-state index in [-0.39, 0.29) is 6.04 Å². The van der Waals surface area contributed by atoms with Crippen molar-refractivity contribution in [2.45, 2.75) is 39.3 Å². The average Bonchev–Trinajstić information content (AvgIpc) is 2.96. The van der Waals surface area contributed by atoms with E-state index >= 15 is 0 Å². The molecule has 0 amide bonds. The molecule has 2 N–H and O–H groups in total. The predicted molar refractivity (Wildman–Crippen MR) is 67.5 cm³/mol. The molecule has 1 aromatic heterocycles. The van der Waals surface area contributed by atoms with Crippen LogP contribution in [-0.2, 0) is 11.3 Å². The lowest BCUT2D eigenvalue weighted by molar-refractivity contribution is 0.180. The second kappa shape index (κ2) is 5.65. The van der Waals surface area contributed by atoms with Crippen molar-refractivity contribution in [3.05, 3.63) is 18.2 Å². The molecule has 1 aromatic rings. The Kier molecular flexibility index (Phi) is 4.18. The van der Waals surface area contributed by atoms with Crippen molar-refractivity contribution in [2.75, 3.05) is 13.2 Å². The molecule has 17 heavy (non-hydrogen) atoms. The van der Waals surface area contributed by atoms with Crippen LogP contribution in [0.4, 0.5) is 0 Å². The lowest BCUT2D eigenvalue weighted by Crippen LogP contribution is -2.24. The minimum atomic E-state index is 0.0622. The zero-order valence-electron chi connectivity index (χ0n) is 10.8. The molecule has 2 rings (SSSR count). The third-order valence-electron chi connectivity index (χ3n) is 3.51. The van der Waals surface area contributed by atoms with Crippen molar-refractivity contribution < 1.29 is 4.74 Å². The fourth-order valence-electron chi connectivity index (χ4n) is 2.27. The Morgan fingerprint density at radius 2 is 2.41 bits per heavy atom. The van der Waals surface area contributed by atoms with E-state index in [0.717, 1.165) is 38.3 Å². The van der Waals surface area contributed by atoms with Crippen molar-refractivity contribution in [1.82, 2.24) is 9.55 Å². The van der Waals surface area contributed by atoms with Crippen LogP contribution in [0, 0.1) is 11.8 Å². The van der Waals surface area contributed by atoms with E-state index in [1.807, 2.05) is 12.5 Å². The van der Waals surface area contributed by atoms with Crippen molar-refractivity contribution in [3.8, 4) is 0 Å². The summed E-state index contributed by atoms with van der Waals surface area (Å²) in [7, 11) is 0. The van der Waals surface area contributed by atoms with Gasteiger partial charge in [-0.05, 0) is 18.8 Å². The lowest BCUT2D eigenvalue weighted by atomic mass is 9.97. The van der Waals surface area contributed by atoms with Crippen LogP contribution in [0.15, 0.2) is 12.5 Å². The van der Waals surface area contributed by atoms with E-state index in [2.05, 4.69) is 23.4 Å². The number of rotatable bonds is 5. The monoisotopic (exact) mass is 237 g/mol. The van der Waals surface area contributed by atoms with Crippen LogP contribution in [0.2, 0.25) is 0 Å². The number of aromatic nitrogens is 2. The van der Waals surface area contributed by atoms with E-state index in [1.165, 1.54) is 0 Å². The first-order valence-corrected chi connectivity index (χ1v) is 6.52. The summed E-state index contributed by atoms with van der Waals surface area (Å²) in [5.41, 5.74) is 7.46. The number of imidazole rings is 1. The number of hydrogen-bond acceptors (Lipinski definition) is 3. The van der Waals surface area contributed by atoms with Crippen LogP contribution < -0.4 is 5.73 Å². The molecule has 2 atom stereocenters. The molecule has 0 bridgehead atoms. The van der Waals surface area contributed by atoms with Gasteiger partial charge in [-0.1, -0.05) is 13.8 Å². The van der Waals surface area contributed by atoms with Crippen LogP contribution in [0.5, 0.6) is 0 Å². The first-order chi connectivity index (χ1) is 8.18. The summed E-state index contributed by atoms with van der Waals surface area (Å²) in [6, 6.07) is 0.0622. The van der Waals surface area contributed by atoms with Crippen LogP contribution in [-0.4, -0.2) is 22.8 Å². The van der Waals surface area contributed by atoms with Crippen molar-refractivity contribution >= 4 is 0 Å². The third kappa shape index (κ3) is 3.07. The molecule has 0 saturated carbocycles. The summed E-state index contributed by atoms with van der Waals surface area (Å²) in [6.07, 6.45) is 6.03. The highest BCUT2D eigenvalue weighted by molar-refractivity contribution is 5.07. The topological polar surface area (TPSA) is 53.1 Å². The number of nitrogens with two attached hydrogens (primary N) is 1. The summed E-state index contributed by atoms with van der Waals surface area (Å²) in [4.78, 5) is 4.23. The van der Waals surface area contributed by atoms with Gasteiger partial charge in [0.25, 0.3) is 0 Å². The fraction of sp³-hybridized carbons (Fsp3) is 0.769. The smallest absolute Gasteiger partial charge is 0.0948 e. The van der Waals surface area contributed by atoms with Gasteiger partial charge in [0.2, 0.25) is 0 Å². The maximum atomic E-state index is 6.31. The van der Waals surface area contributed by atoms with E-state index in [1.54, 1.807) is 0 Å². The molecule has 1 saturated heterocycles. The highest BCUT2D eigenvalue weighted by Gasteiger charge is 2.26. The van der Waals surface area contributed by atoms with Gasteiger partial charge in [0, 0.05) is 25.3 Å². The molecule has 0 radical (unpaired) electrons. The van der Waals surface area contributed by atoms with Gasteiger partial charge in [-0.15, -0.1) is 0 Å². The molecule has 96 valence electrons. The standard InChI is InChI=1S/C13H23N3O/c1-10(2)3-5-16-9-15-7-12(16)13(14)11-4-6-17-8-11/h7,9-11,13H,3-6,8,14H2,1-2H3. The second-order valence-electron chi connectivity index (χ2n) is 5.34. The van der Waals surface area contributed by atoms with Gasteiger partial charge in [0.15, 0.2) is 0 Å². The number of aryl methyl sites for hydroxylation is 1. The molecular formula is C13H23N3O. The van der Waals surface area contributed by atoms with Crippen LogP contribution in [0.3, 0.4) is 0 Å². The van der Waals surface area contributed by atoms with E-state index in [9.17, 15) is 0 Å². The Labute approximate surface area is 103 Å². The Bertz CT molecular complexity index is 342. The molecule has 0 aliphatic carbocycles. The zero-order valence-corrected chi connectivity index (χ0v) is 10.8. The molecule has 1 fully saturated rings. The molecule has 2 heterocycles. The maximum absolute atomic E-state index is 6.31. The van der Waals surface area contributed by atoms with E-state index in [4.69, 9.17) is 10.5 Å². The SMILES string of the molecule is CC(C)CCn1cncc1C(N)C1CCOC1. The van der Waals surface area contributed by atoms with Gasteiger partial charge in [0.05, 0.1) is 24.7 Å². The minimum Gasteiger partial charge on any atom is -0.381 e. The molecule has 0 aromatic carbocycles. The molecule has 4 nitrogen and oxygen atoms in total. The highest BCUT2D eigenvalue weighted by Crippen LogP contribution is 2.26. The third-order valence-corrected chi connectivity index (χ3v) is 3.51. The molecule has 4 heteroatoms. The molecular weight excluding hydrogens is 214 g/mol. The summed E-state index contributed by atoms with van der Waals surface area (Å²) in [5.74, 6) is 1.15. The van der Waals surface area contributed by atoms with Crippen molar-refractivity contribution in [2.24, 2.45) is 17.6 Å². The van der Waals surface area contributed by atoms with Crippen LogP contribution in [0.1, 0.15) is 38.4 Å². The maximum Gasteiger partial charge on any atom is 0.0948 e. The first kappa shape index (κ1) is 12.6. The summed E-state index contributed by atoms with van der Waals surface area (Å²) in [6.45, 7) is 7.12. The molecule has 1 aliphatic rings. The van der Waals surface area contributed by atoms with Gasteiger partial charge in [-0.25, -0.2) is 4.98 Å². The zero-order chi connectivity index (χ0) is 12.3. The van der Waals surface area contributed by atoms with Gasteiger partial charge in [-0.2, -0.15) is 0 Å². The Hall–Kier alpha value is -0.870. The predicted octanol–water partition coefficient (Wildman–Crippen LogP) is 1.97. The number of ether oxygens (including phenoxy) is 1. The van der Waals surface area contributed by atoms with E-state index < -0.39 is 0 Å². The summed E-state index contributed by atoms with van der Waals surface area (Å²) < 4.78 is 7.60. The van der Waals surface area contributed by atoms with Gasteiger partial charge < -0.3 is 15.0 Å². The first-order valence-electron chi connectivity index (χ1n) is 6.52. The van der Waals surface area contributed by atoms with Gasteiger partial charge in [0.1, 0.15) is 0 Å². The number of hydrogen-bond donors (Lipinski definition) is 1. The summed E-state index contributed by atoms with van der Waals surface area (Å²) in [5, 5.41) is 0. The Morgan fingerprint density at radius 3 is 3.06 bits per heavy atom. The highest BCUT2D eigenvalue weighted by atomic mass is 16.5. The Balaban J connectivity index is 2.01. The number of nitrogens with zero attached hydrogens (tertiary/aromatic N) is 2. The van der Waals surface area contributed by atoms with Crippen LogP contribution >= 0.6 is 0 Å². The van der Waals surface area contributed by atoms with Gasteiger partial charge in [-0.3, -0.25) is 0 Å². The van der Waals surface area contributed by atoms with Gasteiger partial charge >= 0.3 is 0 Å². The largest absolute Gasteiger partial charge is 0.381 e. The quantitative estimate of drug-likeness (QED) is 0.851. The van der Waals surface area contributed by atoms with Crippen molar-refractivity contribution in [1.29, 1.82) is 0 Å². The Morgan fingerprint density at radius 1 is 1.59 bits per heavy atom. The van der Waals surface area contributed by atoms with Crippen molar-refractivity contribution in [3.63, 3.8) is 0 Å². The van der Waals surface area contributed by atoms with Crippen LogP contribution in [0.25, 0.3) is 0 Å².